The van der Waals surface area contributed by atoms with E-state index in [1.165, 1.54) is 6.20 Å². The Labute approximate surface area is 90.1 Å². The van der Waals surface area contributed by atoms with Crippen molar-refractivity contribution >= 4 is 11.7 Å². The number of hydrogen-bond donors (Lipinski definition) is 1. The van der Waals surface area contributed by atoms with Crippen molar-refractivity contribution in [2.45, 2.75) is 26.3 Å². The van der Waals surface area contributed by atoms with Gasteiger partial charge in [0, 0.05) is 19.3 Å². The number of pyridine rings is 1. The fourth-order valence-corrected chi connectivity index (χ4v) is 1.21. The summed E-state index contributed by atoms with van der Waals surface area (Å²) in [4.78, 5) is 17.5. The maximum Gasteiger partial charge on any atom is 0.255 e. The highest BCUT2D eigenvalue weighted by molar-refractivity contribution is 5.94. The fourth-order valence-electron chi connectivity index (χ4n) is 1.21. The molecule has 0 fully saturated rings. The second kappa shape index (κ2) is 4.77. The van der Waals surface area contributed by atoms with E-state index in [-0.39, 0.29) is 11.9 Å². The predicted molar refractivity (Wildman–Crippen MR) is 60.5 cm³/mol. The molecule has 0 aliphatic carbocycles. The second-order valence-corrected chi connectivity index (χ2v) is 3.65. The molecule has 0 bridgehead atoms. The van der Waals surface area contributed by atoms with E-state index in [2.05, 4.69) is 11.9 Å². The molecule has 0 saturated heterocycles. The molecule has 15 heavy (non-hydrogen) atoms. The molecule has 4 heteroatoms. The fraction of sp³-hybridized carbons (Fsp3) is 0.455. The zero-order valence-corrected chi connectivity index (χ0v) is 9.40. The monoisotopic (exact) mass is 207 g/mol. The van der Waals surface area contributed by atoms with Crippen LogP contribution in [-0.2, 0) is 0 Å². The van der Waals surface area contributed by atoms with E-state index in [4.69, 9.17) is 5.73 Å². The van der Waals surface area contributed by atoms with Gasteiger partial charge in [0.1, 0.15) is 5.82 Å². The van der Waals surface area contributed by atoms with Crippen molar-refractivity contribution in [2.75, 3.05) is 12.8 Å². The number of hydrogen-bond acceptors (Lipinski definition) is 3. The molecular weight excluding hydrogens is 190 g/mol. The molecule has 0 spiro atoms. The summed E-state index contributed by atoms with van der Waals surface area (Å²) in [5, 5.41) is 0. The van der Waals surface area contributed by atoms with E-state index in [1.807, 2.05) is 6.92 Å². The van der Waals surface area contributed by atoms with Crippen LogP contribution in [0.25, 0.3) is 0 Å². The van der Waals surface area contributed by atoms with Gasteiger partial charge < -0.3 is 10.6 Å². The first kappa shape index (κ1) is 11.5. The number of anilines is 1. The van der Waals surface area contributed by atoms with Gasteiger partial charge in [-0.05, 0) is 25.5 Å². The number of rotatable bonds is 3. The Bertz CT molecular complexity index is 334. The van der Waals surface area contributed by atoms with Crippen molar-refractivity contribution in [1.29, 1.82) is 0 Å². The number of nitrogens with two attached hydrogens (primary N) is 1. The number of carbonyl (C=O) groups excluding carboxylic acids is 1. The Morgan fingerprint density at radius 2 is 2.27 bits per heavy atom. The highest BCUT2D eigenvalue weighted by Crippen LogP contribution is 2.08. The van der Waals surface area contributed by atoms with Gasteiger partial charge in [-0.2, -0.15) is 0 Å². The molecule has 1 heterocycles. The van der Waals surface area contributed by atoms with Gasteiger partial charge in [0.15, 0.2) is 0 Å². The molecule has 1 unspecified atom stereocenters. The first-order valence-electron chi connectivity index (χ1n) is 5.05. The van der Waals surface area contributed by atoms with E-state index in [1.54, 1.807) is 24.1 Å². The second-order valence-electron chi connectivity index (χ2n) is 3.65. The molecule has 0 aliphatic rings. The number of amides is 1. The molecule has 1 aromatic rings. The predicted octanol–water partition coefficient (Wildman–Crippen LogP) is 1.53. The molecule has 0 saturated carbocycles. The van der Waals surface area contributed by atoms with Crippen LogP contribution in [0, 0.1) is 0 Å². The largest absolute Gasteiger partial charge is 0.384 e. The van der Waals surface area contributed by atoms with Gasteiger partial charge in [0.25, 0.3) is 5.91 Å². The molecule has 0 aliphatic heterocycles. The highest BCUT2D eigenvalue weighted by Gasteiger charge is 2.15. The summed E-state index contributed by atoms with van der Waals surface area (Å²) in [6.07, 6.45) is 2.45. The Morgan fingerprint density at radius 3 is 2.73 bits per heavy atom. The minimum atomic E-state index is -0.0168. The van der Waals surface area contributed by atoms with Gasteiger partial charge >= 0.3 is 0 Å². The van der Waals surface area contributed by atoms with Crippen molar-refractivity contribution in [3.8, 4) is 0 Å². The van der Waals surface area contributed by atoms with E-state index >= 15 is 0 Å². The topological polar surface area (TPSA) is 59.2 Å². The molecule has 1 rings (SSSR count). The number of carbonyl (C=O) groups is 1. The third kappa shape index (κ3) is 2.68. The third-order valence-corrected chi connectivity index (χ3v) is 2.61. The lowest BCUT2D eigenvalue weighted by atomic mass is 10.2. The number of aromatic nitrogens is 1. The third-order valence-electron chi connectivity index (χ3n) is 2.61. The van der Waals surface area contributed by atoms with Crippen LogP contribution in [0.4, 0.5) is 5.82 Å². The van der Waals surface area contributed by atoms with Gasteiger partial charge in [-0.15, -0.1) is 0 Å². The van der Waals surface area contributed by atoms with Gasteiger partial charge in [-0.3, -0.25) is 4.79 Å². The molecule has 2 N–H and O–H groups in total. The Morgan fingerprint density at radius 1 is 1.60 bits per heavy atom. The summed E-state index contributed by atoms with van der Waals surface area (Å²) in [5.74, 6) is 0.412. The minimum Gasteiger partial charge on any atom is -0.384 e. The van der Waals surface area contributed by atoms with Crippen LogP contribution in [0.5, 0.6) is 0 Å². The molecular formula is C11H17N3O. The lowest BCUT2D eigenvalue weighted by molar-refractivity contribution is 0.0740. The van der Waals surface area contributed by atoms with Crippen molar-refractivity contribution in [2.24, 2.45) is 0 Å². The van der Waals surface area contributed by atoms with Crippen molar-refractivity contribution in [3.63, 3.8) is 0 Å². The quantitative estimate of drug-likeness (QED) is 0.817. The van der Waals surface area contributed by atoms with Gasteiger partial charge in [-0.1, -0.05) is 6.92 Å². The molecule has 4 nitrogen and oxygen atoms in total. The van der Waals surface area contributed by atoms with Crippen molar-refractivity contribution < 1.29 is 4.79 Å². The average Bonchev–Trinajstić information content (AvgIpc) is 2.27. The zero-order valence-electron chi connectivity index (χ0n) is 9.40. The smallest absolute Gasteiger partial charge is 0.255 e. The van der Waals surface area contributed by atoms with Crippen LogP contribution in [0.15, 0.2) is 18.3 Å². The average molecular weight is 207 g/mol. The van der Waals surface area contributed by atoms with Gasteiger partial charge in [0.2, 0.25) is 0 Å². The first-order chi connectivity index (χ1) is 7.06. The van der Waals surface area contributed by atoms with Crippen LogP contribution in [-0.4, -0.2) is 28.9 Å². The van der Waals surface area contributed by atoms with Crippen LogP contribution >= 0.6 is 0 Å². The molecule has 0 aromatic carbocycles. The van der Waals surface area contributed by atoms with E-state index in [9.17, 15) is 4.79 Å². The zero-order chi connectivity index (χ0) is 11.4. The molecule has 0 radical (unpaired) electrons. The van der Waals surface area contributed by atoms with Crippen LogP contribution in [0.3, 0.4) is 0 Å². The van der Waals surface area contributed by atoms with Crippen LogP contribution in [0.1, 0.15) is 30.6 Å². The maximum absolute atomic E-state index is 11.9. The summed E-state index contributed by atoms with van der Waals surface area (Å²) in [7, 11) is 1.80. The number of nitrogens with zero attached hydrogens (tertiary/aromatic N) is 2. The number of nitrogen functional groups attached to an aromatic ring is 1. The van der Waals surface area contributed by atoms with Crippen LogP contribution in [0.2, 0.25) is 0 Å². The minimum absolute atomic E-state index is 0.0168. The van der Waals surface area contributed by atoms with Crippen LogP contribution < -0.4 is 5.73 Å². The molecule has 1 amide bonds. The standard InChI is InChI=1S/C11H17N3O/c1-4-8(2)14(3)11(15)9-5-6-10(12)13-7-9/h5-8H,4H2,1-3H3,(H2,12,13). The summed E-state index contributed by atoms with van der Waals surface area (Å²) in [6.45, 7) is 4.07. The normalized spacial score (nSPS) is 12.2. The summed E-state index contributed by atoms with van der Waals surface area (Å²) < 4.78 is 0. The highest BCUT2D eigenvalue weighted by atomic mass is 16.2. The van der Waals surface area contributed by atoms with E-state index in [0.29, 0.717) is 11.4 Å². The van der Waals surface area contributed by atoms with Crippen molar-refractivity contribution in [1.82, 2.24) is 9.88 Å². The van der Waals surface area contributed by atoms with E-state index < -0.39 is 0 Å². The summed E-state index contributed by atoms with van der Waals surface area (Å²) in [5.41, 5.74) is 6.03. The Kier molecular flexibility index (Phi) is 3.66. The van der Waals surface area contributed by atoms with Crippen molar-refractivity contribution in [3.05, 3.63) is 23.9 Å². The molecule has 1 atom stereocenters. The Hall–Kier alpha value is -1.58. The Balaban J connectivity index is 2.80. The molecule has 1 aromatic heterocycles. The summed E-state index contributed by atoms with van der Waals surface area (Å²) >= 11 is 0. The molecule has 82 valence electrons. The van der Waals surface area contributed by atoms with Gasteiger partial charge in [-0.25, -0.2) is 4.98 Å². The maximum atomic E-state index is 11.9. The lowest BCUT2D eigenvalue weighted by Gasteiger charge is -2.23. The first-order valence-corrected chi connectivity index (χ1v) is 5.05. The lowest BCUT2D eigenvalue weighted by Crippen LogP contribution is -2.34. The van der Waals surface area contributed by atoms with E-state index in [0.717, 1.165) is 6.42 Å². The summed E-state index contributed by atoms with van der Waals surface area (Å²) in [6, 6.07) is 3.57. The van der Waals surface area contributed by atoms with Gasteiger partial charge in [0.05, 0.1) is 5.56 Å². The SMILES string of the molecule is CCC(C)N(C)C(=O)c1ccc(N)nc1.